The average molecular weight is 504 g/mol. The van der Waals surface area contributed by atoms with Crippen LogP contribution in [0.3, 0.4) is 0 Å². The second-order valence-corrected chi connectivity index (χ2v) is 9.14. The molecular weight excluding hydrogens is 477 g/mol. The molecule has 0 spiro atoms. The summed E-state index contributed by atoms with van der Waals surface area (Å²) in [7, 11) is 1.60. The van der Waals surface area contributed by atoms with Crippen molar-refractivity contribution in [3.8, 4) is 29.1 Å². The van der Waals surface area contributed by atoms with Crippen molar-refractivity contribution in [1.29, 1.82) is 0 Å². The molecule has 3 aromatic rings. The quantitative estimate of drug-likeness (QED) is 0.517. The maximum absolute atomic E-state index is 13.2. The number of hydrogen-bond donors (Lipinski definition) is 2. The van der Waals surface area contributed by atoms with Gasteiger partial charge in [-0.25, -0.2) is 4.39 Å². The Labute approximate surface area is 214 Å². The highest BCUT2D eigenvalue weighted by Gasteiger charge is 2.31. The number of carbonyl (C=O) groups excluding carboxylic acids is 2. The molecule has 190 valence electrons. The number of ether oxygens (including phenoxy) is 2. The van der Waals surface area contributed by atoms with Gasteiger partial charge in [0.2, 0.25) is 0 Å². The summed E-state index contributed by atoms with van der Waals surface area (Å²) in [6.07, 6.45) is 1.40. The Balaban J connectivity index is 1.47. The molecule has 2 heterocycles. The van der Waals surface area contributed by atoms with Gasteiger partial charge in [0.05, 0.1) is 12.3 Å². The molecule has 2 N–H and O–H groups in total. The summed E-state index contributed by atoms with van der Waals surface area (Å²) in [5.41, 5.74) is 0.660. The van der Waals surface area contributed by atoms with Crippen LogP contribution in [0.1, 0.15) is 29.9 Å². The first-order valence-electron chi connectivity index (χ1n) is 11.5. The molecule has 2 aromatic carbocycles. The van der Waals surface area contributed by atoms with E-state index in [2.05, 4.69) is 22.1 Å². The monoisotopic (exact) mass is 503 g/mol. The number of nitrogens with zero attached hydrogens (tertiary/aromatic N) is 2. The summed E-state index contributed by atoms with van der Waals surface area (Å²) in [6, 6.07) is 12.7. The Morgan fingerprint density at radius 3 is 2.70 bits per heavy atom. The molecule has 0 aliphatic carbocycles. The number of likely N-dealkylation sites (N-methyl/N-ethyl adjacent to an activating group) is 1. The highest BCUT2D eigenvalue weighted by atomic mass is 19.1. The number of anilines is 1. The number of nitrogens with one attached hydrogen (secondary N) is 1. The summed E-state index contributed by atoms with van der Waals surface area (Å²) in [5, 5.41) is 12.1. The maximum atomic E-state index is 13.2. The first kappa shape index (κ1) is 25.7. The summed E-state index contributed by atoms with van der Waals surface area (Å²) in [6.45, 7) is 3.50. The third-order valence-corrected chi connectivity index (χ3v) is 5.61. The second kappa shape index (κ2) is 10.7. The van der Waals surface area contributed by atoms with E-state index in [4.69, 9.17) is 9.47 Å². The lowest BCUT2D eigenvalue weighted by Crippen LogP contribution is -2.49. The van der Waals surface area contributed by atoms with Gasteiger partial charge >= 0.3 is 0 Å². The number of rotatable bonds is 5. The summed E-state index contributed by atoms with van der Waals surface area (Å²) in [4.78, 5) is 31.6. The first-order valence-corrected chi connectivity index (χ1v) is 11.5. The van der Waals surface area contributed by atoms with Crippen molar-refractivity contribution < 1.29 is 28.6 Å². The van der Waals surface area contributed by atoms with Gasteiger partial charge in [-0.15, -0.1) is 0 Å². The van der Waals surface area contributed by atoms with Crippen LogP contribution in [0.5, 0.6) is 17.2 Å². The molecule has 8 nitrogen and oxygen atoms in total. The number of pyridine rings is 1. The average Bonchev–Trinajstić information content (AvgIpc) is 3.01. The molecule has 0 unspecified atom stereocenters. The number of aliphatic hydroxyl groups excluding tert-OH is 1. The SMILES string of the molecule is CN1C(=O)[C@@H](NC(=O)c2cc(Oc3ccc(F)cc3)ccn2)COc2ccc(C#CC(C)(C)CO)cc21. The van der Waals surface area contributed by atoms with Crippen molar-refractivity contribution in [2.75, 3.05) is 25.2 Å². The fourth-order valence-electron chi connectivity index (χ4n) is 3.43. The molecule has 4 rings (SSSR count). The smallest absolute Gasteiger partial charge is 0.270 e. The maximum Gasteiger partial charge on any atom is 0.270 e. The van der Waals surface area contributed by atoms with E-state index in [1.165, 1.54) is 41.4 Å². The lowest BCUT2D eigenvalue weighted by Gasteiger charge is -2.20. The Morgan fingerprint density at radius 1 is 1.22 bits per heavy atom. The minimum absolute atomic E-state index is 0.0425. The predicted octanol–water partition coefficient (Wildman–Crippen LogP) is 3.54. The van der Waals surface area contributed by atoms with Crippen molar-refractivity contribution in [2.24, 2.45) is 5.41 Å². The molecule has 0 fully saturated rings. The Morgan fingerprint density at radius 2 is 1.97 bits per heavy atom. The zero-order valence-electron chi connectivity index (χ0n) is 20.6. The zero-order valence-corrected chi connectivity index (χ0v) is 20.6. The first-order chi connectivity index (χ1) is 17.6. The van der Waals surface area contributed by atoms with Gasteiger partial charge in [0.15, 0.2) is 0 Å². The van der Waals surface area contributed by atoms with Crippen LogP contribution in [0.25, 0.3) is 0 Å². The molecule has 0 saturated carbocycles. The van der Waals surface area contributed by atoms with Crippen molar-refractivity contribution in [1.82, 2.24) is 10.3 Å². The molecule has 0 bridgehead atoms. The Hall–Kier alpha value is -4.42. The third-order valence-electron chi connectivity index (χ3n) is 5.61. The van der Waals surface area contributed by atoms with Crippen LogP contribution in [-0.2, 0) is 4.79 Å². The van der Waals surface area contributed by atoms with Crippen LogP contribution in [-0.4, -0.2) is 48.2 Å². The second-order valence-electron chi connectivity index (χ2n) is 9.14. The highest BCUT2D eigenvalue weighted by molar-refractivity contribution is 6.03. The molecule has 1 aliphatic heterocycles. The summed E-state index contributed by atoms with van der Waals surface area (Å²) in [5.74, 6) is 5.90. The number of benzene rings is 2. The third kappa shape index (κ3) is 6.23. The molecule has 1 aromatic heterocycles. The van der Waals surface area contributed by atoms with Gasteiger partial charge in [0, 0.05) is 30.3 Å². The minimum atomic E-state index is -0.962. The van der Waals surface area contributed by atoms with Crippen molar-refractivity contribution in [2.45, 2.75) is 19.9 Å². The van der Waals surface area contributed by atoms with E-state index < -0.39 is 17.4 Å². The van der Waals surface area contributed by atoms with Crippen LogP contribution in [0.4, 0.5) is 10.1 Å². The van der Waals surface area contributed by atoms with Crippen LogP contribution >= 0.6 is 0 Å². The highest BCUT2D eigenvalue weighted by Crippen LogP contribution is 2.32. The van der Waals surface area contributed by atoms with Crippen LogP contribution in [0.15, 0.2) is 60.8 Å². The number of halogens is 1. The van der Waals surface area contributed by atoms with Gasteiger partial charge in [0.25, 0.3) is 11.8 Å². The van der Waals surface area contributed by atoms with E-state index in [-0.39, 0.29) is 30.6 Å². The molecule has 0 radical (unpaired) electrons. The summed E-state index contributed by atoms with van der Waals surface area (Å²) < 4.78 is 24.6. The topological polar surface area (TPSA) is 101 Å². The molecule has 2 amide bonds. The fourth-order valence-corrected chi connectivity index (χ4v) is 3.43. The number of amides is 2. The molecule has 37 heavy (non-hydrogen) atoms. The number of hydrogen-bond acceptors (Lipinski definition) is 6. The van der Waals surface area contributed by atoms with E-state index in [0.29, 0.717) is 28.5 Å². The van der Waals surface area contributed by atoms with Gasteiger partial charge in [0.1, 0.15) is 41.4 Å². The largest absolute Gasteiger partial charge is 0.489 e. The van der Waals surface area contributed by atoms with Gasteiger partial charge in [-0.05, 0) is 62.4 Å². The van der Waals surface area contributed by atoms with Gasteiger partial charge in [-0.3, -0.25) is 14.6 Å². The fraction of sp³-hybridized carbons (Fsp3) is 0.250. The number of fused-ring (bicyclic) bond motifs is 1. The molecule has 1 atom stereocenters. The lowest BCUT2D eigenvalue weighted by molar-refractivity contribution is -0.120. The number of carbonyl (C=O) groups is 2. The van der Waals surface area contributed by atoms with Gasteiger partial charge < -0.3 is 24.8 Å². The summed E-state index contributed by atoms with van der Waals surface area (Å²) >= 11 is 0. The number of aliphatic hydroxyl groups is 1. The van der Waals surface area contributed by atoms with Crippen LogP contribution in [0.2, 0.25) is 0 Å². The Bertz CT molecular complexity index is 1380. The normalized spacial score (nSPS) is 15.0. The van der Waals surface area contributed by atoms with E-state index in [0.717, 1.165) is 0 Å². The van der Waals surface area contributed by atoms with E-state index >= 15 is 0 Å². The standard InChI is InChI=1S/C28H26FN3O5/c1-28(2,17-33)12-10-18-4-9-25-24(14-18)32(3)27(35)23(16-36-25)31-26(34)22-15-21(11-13-30-22)37-20-7-5-19(29)6-8-20/h4-9,11,13-15,23,33H,16-17H2,1-3H3,(H,31,34)/t23-/m0/s1. The van der Waals surface area contributed by atoms with Crippen molar-refractivity contribution in [3.05, 3.63) is 77.9 Å². The molecule has 9 heteroatoms. The molecule has 1 aliphatic rings. The van der Waals surface area contributed by atoms with E-state index in [9.17, 15) is 19.1 Å². The lowest BCUT2D eigenvalue weighted by atomic mass is 9.95. The van der Waals surface area contributed by atoms with Gasteiger partial charge in [-0.2, -0.15) is 0 Å². The van der Waals surface area contributed by atoms with E-state index in [1.54, 1.807) is 31.3 Å². The van der Waals surface area contributed by atoms with Crippen molar-refractivity contribution in [3.63, 3.8) is 0 Å². The Kier molecular flexibility index (Phi) is 7.41. The zero-order chi connectivity index (χ0) is 26.6. The molecular formula is C28H26FN3O5. The predicted molar refractivity (Wildman–Crippen MR) is 135 cm³/mol. The van der Waals surface area contributed by atoms with Gasteiger partial charge in [-0.1, -0.05) is 11.8 Å². The van der Waals surface area contributed by atoms with Crippen LogP contribution in [0, 0.1) is 23.1 Å². The molecule has 0 saturated heterocycles. The van der Waals surface area contributed by atoms with Crippen LogP contribution < -0.4 is 19.7 Å². The number of aromatic nitrogens is 1. The minimum Gasteiger partial charge on any atom is -0.489 e. The van der Waals surface area contributed by atoms with Crippen molar-refractivity contribution >= 4 is 17.5 Å². The van der Waals surface area contributed by atoms with E-state index in [1.807, 2.05) is 13.8 Å².